The van der Waals surface area contributed by atoms with Crippen LogP contribution in [0.2, 0.25) is 0 Å². The molecule has 13 heavy (non-hydrogen) atoms. The molecule has 0 radical (unpaired) electrons. The van der Waals surface area contributed by atoms with E-state index < -0.39 is 6.09 Å². The molecule has 2 amide bonds. The molecule has 0 rings (SSSR count). The molecular formula is C8H14N2O3. The highest BCUT2D eigenvalue weighted by Crippen LogP contribution is 1.79. The van der Waals surface area contributed by atoms with Gasteiger partial charge in [-0.1, -0.05) is 13.2 Å². The van der Waals surface area contributed by atoms with Crippen LogP contribution in [0.15, 0.2) is 25.6 Å². The van der Waals surface area contributed by atoms with Crippen molar-refractivity contribution < 1.29 is 14.7 Å². The lowest BCUT2D eigenvalue weighted by Crippen LogP contribution is -2.15. The van der Waals surface area contributed by atoms with E-state index in [9.17, 15) is 9.59 Å². The van der Waals surface area contributed by atoms with E-state index in [1.54, 1.807) is 7.05 Å². The third-order valence-electron chi connectivity index (χ3n) is 0.996. The van der Waals surface area contributed by atoms with Crippen molar-refractivity contribution in [3.05, 3.63) is 25.6 Å². The van der Waals surface area contributed by atoms with E-state index in [1.807, 2.05) is 5.32 Å². The predicted molar refractivity (Wildman–Crippen MR) is 50.0 cm³/mol. The van der Waals surface area contributed by atoms with Gasteiger partial charge < -0.3 is 10.0 Å². The van der Waals surface area contributed by atoms with Crippen LogP contribution in [-0.2, 0) is 4.79 Å². The van der Waals surface area contributed by atoms with Crippen LogP contribution in [0.4, 0.5) is 4.79 Å². The number of nitrogens with one attached hydrogen (secondary N) is 1. The molecule has 74 valence electrons. The van der Waals surface area contributed by atoms with Crippen LogP contribution in [0.25, 0.3) is 0 Å². The largest absolute Gasteiger partial charge is 0.465 e. The molecule has 0 saturated carbocycles. The SMILES string of the molecule is C=CN(C)C(C)=O.C=CNC(=O)O. The highest BCUT2D eigenvalue weighted by molar-refractivity contribution is 5.73. The second kappa shape index (κ2) is 8.32. The summed E-state index contributed by atoms with van der Waals surface area (Å²) in [6.45, 7) is 7.98. The fourth-order valence-corrected chi connectivity index (χ4v) is 0.216. The van der Waals surface area contributed by atoms with E-state index >= 15 is 0 Å². The van der Waals surface area contributed by atoms with E-state index in [0.29, 0.717) is 0 Å². The first-order chi connectivity index (χ1) is 5.95. The van der Waals surface area contributed by atoms with Crippen molar-refractivity contribution in [2.24, 2.45) is 0 Å². The third-order valence-corrected chi connectivity index (χ3v) is 0.996. The van der Waals surface area contributed by atoms with Crippen LogP contribution in [-0.4, -0.2) is 29.1 Å². The van der Waals surface area contributed by atoms with Gasteiger partial charge in [0, 0.05) is 14.0 Å². The van der Waals surface area contributed by atoms with E-state index in [-0.39, 0.29) is 5.91 Å². The minimum Gasteiger partial charge on any atom is -0.465 e. The Morgan fingerprint density at radius 1 is 1.46 bits per heavy atom. The lowest BCUT2D eigenvalue weighted by Gasteiger charge is -2.04. The molecule has 0 fully saturated rings. The minimum atomic E-state index is -1.08. The normalized spacial score (nSPS) is 7.23. The number of carbonyl (C=O) groups excluding carboxylic acids is 1. The molecule has 0 aromatic heterocycles. The molecular weight excluding hydrogens is 172 g/mol. The molecule has 2 N–H and O–H groups in total. The first-order valence-corrected chi connectivity index (χ1v) is 3.42. The molecule has 0 aliphatic rings. The second-order valence-corrected chi connectivity index (χ2v) is 1.97. The molecule has 5 nitrogen and oxygen atoms in total. The number of rotatable bonds is 2. The Bertz CT molecular complexity index is 202. The topological polar surface area (TPSA) is 69.6 Å². The van der Waals surface area contributed by atoms with Crippen LogP contribution in [0, 0.1) is 0 Å². The zero-order chi connectivity index (χ0) is 10.9. The molecule has 0 aliphatic carbocycles. The van der Waals surface area contributed by atoms with Gasteiger partial charge in [0.15, 0.2) is 0 Å². The van der Waals surface area contributed by atoms with Gasteiger partial charge in [0.2, 0.25) is 5.91 Å². The molecule has 0 aliphatic heterocycles. The van der Waals surface area contributed by atoms with E-state index in [4.69, 9.17) is 5.11 Å². The predicted octanol–water partition coefficient (Wildman–Crippen LogP) is 1.01. The first kappa shape index (κ1) is 13.8. The molecule has 0 atom stereocenters. The summed E-state index contributed by atoms with van der Waals surface area (Å²) in [5, 5.41) is 9.62. The quantitative estimate of drug-likeness (QED) is 0.676. The molecule has 5 heteroatoms. The second-order valence-electron chi connectivity index (χ2n) is 1.97. The average Bonchev–Trinajstić information content (AvgIpc) is 2.03. The lowest BCUT2D eigenvalue weighted by atomic mass is 10.6. The molecule has 0 bridgehead atoms. The number of amides is 2. The molecule has 0 unspecified atom stereocenters. The summed E-state index contributed by atoms with van der Waals surface area (Å²) in [7, 11) is 1.66. The van der Waals surface area contributed by atoms with E-state index in [2.05, 4.69) is 13.2 Å². The highest BCUT2D eigenvalue weighted by Gasteiger charge is 1.90. The molecule has 0 aromatic carbocycles. The van der Waals surface area contributed by atoms with Gasteiger partial charge in [-0.05, 0) is 12.4 Å². The summed E-state index contributed by atoms with van der Waals surface area (Å²) in [5.41, 5.74) is 0. The smallest absolute Gasteiger partial charge is 0.408 e. The lowest BCUT2D eigenvalue weighted by molar-refractivity contribution is -0.125. The maximum atomic E-state index is 10.2. The fraction of sp³-hybridized carbons (Fsp3) is 0.250. The van der Waals surface area contributed by atoms with Crippen LogP contribution in [0.1, 0.15) is 6.92 Å². The van der Waals surface area contributed by atoms with E-state index in [0.717, 1.165) is 6.20 Å². The van der Waals surface area contributed by atoms with Gasteiger partial charge in [-0.3, -0.25) is 10.1 Å². The van der Waals surface area contributed by atoms with Gasteiger partial charge in [-0.25, -0.2) is 4.79 Å². The first-order valence-electron chi connectivity index (χ1n) is 3.42. The highest BCUT2D eigenvalue weighted by atomic mass is 16.4. The van der Waals surface area contributed by atoms with Crippen molar-refractivity contribution >= 4 is 12.0 Å². The van der Waals surface area contributed by atoms with Crippen molar-refractivity contribution in [2.45, 2.75) is 6.92 Å². The number of nitrogens with zero attached hydrogens (tertiary/aromatic N) is 1. The number of hydrogen-bond acceptors (Lipinski definition) is 2. The Kier molecular flexibility index (Phi) is 8.82. The van der Waals surface area contributed by atoms with Gasteiger partial charge in [0.1, 0.15) is 0 Å². The van der Waals surface area contributed by atoms with Crippen LogP contribution in [0.5, 0.6) is 0 Å². The van der Waals surface area contributed by atoms with Crippen molar-refractivity contribution in [3.8, 4) is 0 Å². The van der Waals surface area contributed by atoms with Gasteiger partial charge in [-0.2, -0.15) is 0 Å². The summed E-state index contributed by atoms with van der Waals surface area (Å²) >= 11 is 0. The van der Waals surface area contributed by atoms with Gasteiger partial charge in [0.05, 0.1) is 0 Å². The monoisotopic (exact) mass is 186 g/mol. The standard InChI is InChI=1S/C5H9NO.C3H5NO2/c1-4-6(3)5(2)7;1-2-4-3(5)6/h4H,1H2,2-3H3;2,4H,1H2,(H,5,6). The summed E-state index contributed by atoms with van der Waals surface area (Å²) in [6.07, 6.45) is 1.50. The Morgan fingerprint density at radius 3 is 1.92 bits per heavy atom. The van der Waals surface area contributed by atoms with Crippen LogP contribution >= 0.6 is 0 Å². The Morgan fingerprint density at radius 2 is 1.92 bits per heavy atom. The average molecular weight is 186 g/mol. The molecule has 0 spiro atoms. The zero-order valence-corrected chi connectivity index (χ0v) is 7.78. The number of carboxylic acid groups (broad SMARTS) is 1. The van der Waals surface area contributed by atoms with Gasteiger partial charge in [0.25, 0.3) is 0 Å². The summed E-state index contributed by atoms with van der Waals surface area (Å²) in [5.74, 6) is 0.00926. The maximum Gasteiger partial charge on any atom is 0.408 e. The Labute approximate surface area is 77.3 Å². The fourth-order valence-electron chi connectivity index (χ4n) is 0.216. The van der Waals surface area contributed by atoms with Crippen LogP contribution in [0.3, 0.4) is 0 Å². The molecule has 0 heterocycles. The Hall–Kier alpha value is -1.78. The van der Waals surface area contributed by atoms with Crippen molar-refractivity contribution in [1.29, 1.82) is 0 Å². The summed E-state index contributed by atoms with van der Waals surface area (Å²) in [4.78, 5) is 21.1. The van der Waals surface area contributed by atoms with Crippen molar-refractivity contribution in [2.75, 3.05) is 7.05 Å². The summed E-state index contributed by atoms with van der Waals surface area (Å²) < 4.78 is 0. The summed E-state index contributed by atoms with van der Waals surface area (Å²) in [6, 6.07) is 0. The third kappa shape index (κ3) is 13.2. The van der Waals surface area contributed by atoms with Crippen molar-refractivity contribution in [3.63, 3.8) is 0 Å². The van der Waals surface area contributed by atoms with Gasteiger partial charge >= 0.3 is 6.09 Å². The zero-order valence-electron chi connectivity index (χ0n) is 7.78. The Balaban J connectivity index is 0. The van der Waals surface area contributed by atoms with Crippen molar-refractivity contribution in [1.82, 2.24) is 10.2 Å². The number of hydrogen-bond donors (Lipinski definition) is 2. The minimum absolute atomic E-state index is 0.00926. The number of carbonyl (C=O) groups is 2. The van der Waals surface area contributed by atoms with E-state index in [1.165, 1.54) is 18.0 Å². The molecule has 0 saturated heterocycles. The molecule has 0 aromatic rings. The van der Waals surface area contributed by atoms with Crippen LogP contribution < -0.4 is 5.32 Å². The van der Waals surface area contributed by atoms with Gasteiger partial charge in [-0.15, -0.1) is 0 Å². The maximum absolute atomic E-state index is 10.2.